The first-order valence-corrected chi connectivity index (χ1v) is 9.25. The summed E-state index contributed by atoms with van der Waals surface area (Å²) >= 11 is 0. The largest absolute Gasteiger partial charge is 0.449 e. The SMILES string of the molecule is O=C(O[C@@H](C(=O)c1c[nH]c2ccccc12)c1ccccc1)[C@@H]1CC=CCC1. The third-order valence-corrected chi connectivity index (χ3v) is 5.03. The minimum absolute atomic E-state index is 0.183. The van der Waals surface area contributed by atoms with E-state index in [0.717, 1.165) is 23.7 Å². The van der Waals surface area contributed by atoms with Crippen LogP contribution in [0.2, 0.25) is 0 Å². The second-order valence-electron chi connectivity index (χ2n) is 6.82. The van der Waals surface area contributed by atoms with Crippen LogP contribution in [0.15, 0.2) is 72.9 Å². The minimum atomic E-state index is -0.941. The van der Waals surface area contributed by atoms with Crippen molar-refractivity contribution < 1.29 is 14.3 Å². The van der Waals surface area contributed by atoms with Crippen LogP contribution in [0.5, 0.6) is 0 Å². The summed E-state index contributed by atoms with van der Waals surface area (Å²) in [7, 11) is 0. The molecule has 1 N–H and O–H groups in total. The van der Waals surface area contributed by atoms with Crippen LogP contribution in [0.3, 0.4) is 0 Å². The Labute approximate surface area is 157 Å². The Morgan fingerprint density at radius 3 is 2.56 bits per heavy atom. The maximum Gasteiger partial charge on any atom is 0.310 e. The van der Waals surface area contributed by atoms with Crippen molar-refractivity contribution in [2.75, 3.05) is 0 Å². The van der Waals surface area contributed by atoms with E-state index in [0.29, 0.717) is 17.5 Å². The molecule has 0 amide bonds. The molecule has 1 heterocycles. The number of ketones is 1. The van der Waals surface area contributed by atoms with Gasteiger partial charge in [0.1, 0.15) is 0 Å². The number of fused-ring (bicyclic) bond motifs is 1. The minimum Gasteiger partial charge on any atom is -0.449 e. The molecule has 1 aromatic heterocycles. The van der Waals surface area contributed by atoms with Crippen LogP contribution in [0.4, 0.5) is 0 Å². The van der Waals surface area contributed by atoms with Crippen molar-refractivity contribution in [2.24, 2.45) is 5.92 Å². The predicted molar refractivity (Wildman–Crippen MR) is 104 cm³/mol. The van der Waals surface area contributed by atoms with Gasteiger partial charge in [0, 0.05) is 28.2 Å². The highest BCUT2D eigenvalue weighted by Crippen LogP contribution is 2.29. The van der Waals surface area contributed by atoms with Gasteiger partial charge in [-0.3, -0.25) is 9.59 Å². The van der Waals surface area contributed by atoms with Gasteiger partial charge in [-0.05, 0) is 25.3 Å². The van der Waals surface area contributed by atoms with E-state index in [1.165, 1.54) is 0 Å². The Hall–Kier alpha value is -3.14. The fourth-order valence-electron chi connectivity index (χ4n) is 3.54. The maximum absolute atomic E-state index is 13.3. The lowest BCUT2D eigenvalue weighted by molar-refractivity contribution is -0.152. The van der Waals surface area contributed by atoms with Crippen LogP contribution in [0, 0.1) is 5.92 Å². The van der Waals surface area contributed by atoms with E-state index in [9.17, 15) is 9.59 Å². The van der Waals surface area contributed by atoms with Gasteiger partial charge in [-0.2, -0.15) is 0 Å². The third kappa shape index (κ3) is 3.56. The maximum atomic E-state index is 13.3. The number of rotatable bonds is 5. The van der Waals surface area contributed by atoms with Crippen molar-refractivity contribution in [3.8, 4) is 0 Å². The summed E-state index contributed by atoms with van der Waals surface area (Å²) < 4.78 is 5.77. The Balaban J connectivity index is 1.66. The molecule has 4 rings (SSSR count). The number of carbonyl (C=O) groups excluding carboxylic acids is 2. The number of esters is 1. The number of carbonyl (C=O) groups is 2. The monoisotopic (exact) mass is 359 g/mol. The number of benzene rings is 2. The number of allylic oxidation sites excluding steroid dienone is 2. The topological polar surface area (TPSA) is 59.2 Å². The number of para-hydroxylation sites is 1. The van der Waals surface area contributed by atoms with E-state index in [1.54, 1.807) is 6.20 Å². The van der Waals surface area contributed by atoms with Gasteiger partial charge >= 0.3 is 5.97 Å². The van der Waals surface area contributed by atoms with E-state index in [4.69, 9.17) is 4.74 Å². The number of aromatic nitrogens is 1. The fraction of sp³-hybridized carbons (Fsp3) is 0.217. The van der Waals surface area contributed by atoms with Gasteiger partial charge in [0.05, 0.1) is 5.92 Å². The molecular formula is C23H21NO3. The number of ether oxygens (including phenoxy) is 1. The van der Waals surface area contributed by atoms with Crippen molar-refractivity contribution >= 4 is 22.7 Å². The van der Waals surface area contributed by atoms with Gasteiger partial charge in [0.25, 0.3) is 0 Å². The zero-order valence-electron chi connectivity index (χ0n) is 14.9. The highest BCUT2D eigenvalue weighted by atomic mass is 16.5. The first-order valence-electron chi connectivity index (χ1n) is 9.25. The lowest BCUT2D eigenvalue weighted by Gasteiger charge is -2.22. The lowest BCUT2D eigenvalue weighted by atomic mass is 9.94. The Kier molecular flexibility index (Phi) is 4.88. The highest BCUT2D eigenvalue weighted by molar-refractivity contribution is 6.10. The highest BCUT2D eigenvalue weighted by Gasteiger charge is 2.30. The number of aromatic amines is 1. The van der Waals surface area contributed by atoms with Gasteiger partial charge in [-0.1, -0.05) is 60.7 Å². The predicted octanol–water partition coefficient (Wildman–Crippen LogP) is 4.99. The van der Waals surface area contributed by atoms with Crippen LogP contribution >= 0.6 is 0 Å². The number of hydrogen-bond acceptors (Lipinski definition) is 3. The number of H-pyrrole nitrogens is 1. The zero-order valence-corrected chi connectivity index (χ0v) is 14.9. The molecule has 0 saturated heterocycles. The van der Waals surface area contributed by atoms with Crippen molar-refractivity contribution in [1.82, 2.24) is 4.98 Å². The molecule has 2 aromatic carbocycles. The quantitative estimate of drug-likeness (QED) is 0.396. The van der Waals surface area contributed by atoms with Crippen molar-refractivity contribution in [2.45, 2.75) is 25.4 Å². The Bertz CT molecular complexity index is 987. The molecule has 3 aromatic rings. The van der Waals surface area contributed by atoms with Gasteiger partial charge in [0.15, 0.2) is 6.10 Å². The summed E-state index contributed by atoms with van der Waals surface area (Å²) in [6.45, 7) is 0. The molecular weight excluding hydrogens is 338 g/mol. The van der Waals surface area contributed by atoms with Gasteiger partial charge in [0.2, 0.25) is 5.78 Å². The molecule has 0 spiro atoms. The molecule has 1 aliphatic rings. The zero-order chi connectivity index (χ0) is 18.6. The summed E-state index contributed by atoms with van der Waals surface area (Å²) in [5.41, 5.74) is 2.11. The van der Waals surface area contributed by atoms with E-state index >= 15 is 0 Å². The Morgan fingerprint density at radius 1 is 1.00 bits per heavy atom. The molecule has 0 aliphatic heterocycles. The van der Waals surface area contributed by atoms with Crippen LogP contribution in [-0.4, -0.2) is 16.7 Å². The summed E-state index contributed by atoms with van der Waals surface area (Å²) in [6.07, 6.45) is 7.14. The summed E-state index contributed by atoms with van der Waals surface area (Å²) in [4.78, 5) is 29.2. The lowest BCUT2D eigenvalue weighted by Crippen LogP contribution is -2.25. The smallest absolute Gasteiger partial charge is 0.310 e. The normalized spacial score (nSPS) is 17.6. The van der Waals surface area contributed by atoms with Crippen molar-refractivity contribution in [3.05, 3.63) is 84.1 Å². The molecule has 27 heavy (non-hydrogen) atoms. The van der Waals surface area contributed by atoms with Gasteiger partial charge < -0.3 is 9.72 Å². The fourth-order valence-corrected chi connectivity index (χ4v) is 3.54. The second-order valence-corrected chi connectivity index (χ2v) is 6.82. The van der Waals surface area contributed by atoms with E-state index in [-0.39, 0.29) is 17.7 Å². The average molecular weight is 359 g/mol. The van der Waals surface area contributed by atoms with Gasteiger partial charge in [-0.15, -0.1) is 0 Å². The molecule has 0 fully saturated rings. The molecule has 1 aliphatic carbocycles. The van der Waals surface area contributed by atoms with E-state index < -0.39 is 6.10 Å². The Morgan fingerprint density at radius 2 is 1.78 bits per heavy atom. The number of Topliss-reactive ketones (excluding diaryl/α,β-unsaturated/α-hetero) is 1. The summed E-state index contributed by atoms with van der Waals surface area (Å²) in [6, 6.07) is 16.9. The summed E-state index contributed by atoms with van der Waals surface area (Å²) in [5.74, 6) is -0.697. The second kappa shape index (κ2) is 7.62. The molecule has 0 saturated carbocycles. The standard InChI is InChI=1S/C23H21NO3/c25-21(19-15-24-20-14-8-7-13-18(19)20)22(16-9-3-1-4-10-16)27-23(26)17-11-5-2-6-12-17/h1-5,7-10,13-15,17,22,24H,6,11-12H2/t17-,22-/m1/s1. The summed E-state index contributed by atoms with van der Waals surface area (Å²) in [5, 5.41) is 0.833. The van der Waals surface area contributed by atoms with Crippen LogP contribution in [0.1, 0.15) is 41.3 Å². The van der Waals surface area contributed by atoms with E-state index in [2.05, 4.69) is 11.1 Å². The molecule has 136 valence electrons. The van der Waals surface area contributed by atoms with Crippen LogP contribution in [0.25, 0.3) is 10.9 Å². The van der Waals surface area contributed by atoms with Crippen LogP contribution in [-0.2, 0) is 9.53 Å². The molecule has 4 heteroatoms. The average Bonchev–Trinajstić information content (AvgIpc) is 3.17. The molecule has 2 atom stereocenters. The van der Waals surface area contributed by atoms with Crippen molar-refractivity contribution in [3.63, 3.8) is 0 Å². The molecule has 0 radical (unpaired) electrons. The van der Waals surface area contributed by atoms with Crippen LogP contribution < -0.4 is 0 Å². The molecule has 0 unspecified atom stereocenters. The molecule has 4 nitrogen and oxygen atoms in total. The number of nitrogens with one attached hydrogen (secondary N) is 1. The number of hydrogen-bond donors (Lipinski definition) is 1. The molecule has 0 bridgehead atoms. The van der Waals surface area contributed by atoms with Gasteiger partial charge in [-0.25, -0.2) is 0 Å². The van der Waals surface area contributed by atoms with Crippen molar-refractivity contribution in [1.29, 1.82) is 0 Å². The first-order chi connectivity index (χ1) is 13.2. The third-order valence-electron chi connectivity index (χ3n) is 5.03. The first kappa shape index (κ1) is 17.3. The van der Waals surface area contributed by atoms with E-state index in [1.807, 2.05) is 60.7 Å².